The lowest BCUT2D eigenvalue weighted by Gasteiger charge is -2.29. The fourth-order valence-corrected chi connectivity index (χ4v) is 1.91. The highest BCUT2D eigenvalue weighted by Crippen LogP contribution is 2.21. The number of nitrogens with one attached hydrogen (secondary N) is 1. The van der Waals surface area contributed by atoms with E-state index in [1.807, 2.05) is 17.1 Å². The first-order chi connectivity index (χ1) is 8.83. The number of aromatic amines is 1. The van der Waals surface area contributed by atoms with Crippen LogP contribution in [0.5, 0.6) is 0 Å². The summed E-state index contributed by atoms with van der Waals surface area (Å²) in [6, 6.07) is 3.80. The van der Waals surface area contributed by atoms with Crippen LogP contribution in [-0.4, -0.2) is 58.3 Å². The lowest BCUT2D eigenvalue weighted by molar-refractivity contribution is 0.150. The van der Waals surface area contributed by atoms with E-state index in [1.54, 1.807) is 6.20 Å². The monoisotopic (exact) mass is 245 g/mol. The second kappa shape index (κ2) is 4.69. The first-order valence-electron chi connectivity index (χ1n) is 5.97. The number of aromatic nitrogens is 3. The van der Waals surface area contributed by atoms with Gasteiger partial charge in [-0.25, -0.2) is 4.98 Å². The second-order valence-electron chi connectivity index (χ2n) is 4.39. The van der Waals surface area contributed by atoms with Crippen molar-refractivity contribution >= 4 is 16.9 Å². The predicted molar refractivity (Wildman–Crippen MR) is 67.5 cm³/mol. The lowest BCUT2D eigenvalue weighted by Crippen LogP contribution is -2.41. The quantitative estimate of drug-likeness (QED) is 0.807. The van der Waals surface area contributed by atoms with E-state index in [0.717, 1.165) is 31.6 Å². The highest BCUT2D eigenvalue weighted by molar-refractivity contribution is 5.84. The summed E-state index contributed by atoms with van der Waals surface area (Å²) in [7, 11) is 2.11. The fraction of sp³-hybridized carbons (Fsp3) is 0.455. The Labute approximate surface area is 104 Å². The van der Waals surface area contributed by atoms with Gasteiger partial charge in [-0.2, -0.15) is 5.10 Å². The molecule has 1 fully saturated rings. The Morgan fingerprint density at radius 3 is 2.94 bits per heavy atom. The van der Waals surface area contributed by atoms with Gasteiger partial charge in [0.1, 0.15) is 0 Å². The van der Waals surface area contributed by atoms with Gasteiger partial charge in [0.25, 0.3) is 0 Å². The molecule has 0 aromatic carbocycles. The fourth-order valence-electron chi connectivity index (χ4n) is 1.91. The molecule has 1 saturated heterocycles. The van der Waals surface area contributed by atoms with Crippen molar-refractivity contribution in [1.82, 2.24) is 25.1 Å². The van der Waals surface area contributed by atoms with Crippen LogP contribution < -0.4 is 0 Å². The molecule has 0 atom stereocenters. The summed E-state index contributed by atoms with van der Waals surface area (Å²) in [5.41, 5.74) is 0.671. The Balaban J connectivity index is 1.76. The summed E-state index contributed by atoms with van der Waals surface area (Å²) in [6.45, 7) is 3.85. The van der Waals surface area contributed by atoms with Crippen LogP contribution in [0, 0.1) is 0 Å². The zero-order chi connectivity index (χ0) is 12.4. The summed E-state index contributed by atoms with van der Waals surface area (Å²) in [4.78, 5) is 6.42. The van der Waals surface area contributed by atoms with Crippen LogP contribution in [0.3, 0.4) is 0 Å². The number of piperazine rings is 1. The molecule has 7 nitrogen and oxygen atoms in total. The Kier molecular flexibility index (Phi) is 2.89. The van der Waals surface area contributed by atoms with E-state index in [4.69, 9.17) is 0 Å². The molecule has 0 radical (unpaired) electrons. The maximum absolute atomic E-state index is 4.24. The van der Waals surface area contributed by atoms with E-state index in [-0.39, 0.29) is 0 Å². The molecule has 0 saturated carbocycles. The van der Waals surface area contributed by atoms with Crippen LogP contribution in [-0.2, 0) is 0 Å². The molecule has 0 unspecified atom stereocenters. The number of fused-ring (bicyclic) bond motifs is 1. The van der Waals surface area contributed by atoms with Crippen LogP contribution in [0.25, 0.3) is 11.0 Å². The molecular formula is C11H15N7. The van der Waals surface area contributed by atoms with Gasteiger partial charge in [0.2, 0.25) is 0 Å². The van der Waals surface area contributed by atoms with E-state index >= 15 is 0 Å². The van der Waals surface area contributed by atoms with Crippen LogP contribution in [0.1, 0.15) is 0 Å². The van der Waals surface area contributed by atoms with E-state index in [0.29, 0.717) is 11.5 Å². The van der Waals surface area contributed by atoms with Crippen molar-refractivity contribution in [3.8, 4) is 0 Å². The SMILES string of the molecule is CN1CCN(N=Nc2[nH]nc3ncccc23)CC1. The molecule has 1 aliphatic heterocycles. The molecule has 2 aromatic heterocycles. The van der Waals surface area contributed by atoms with E-state index in [2.05, 4.69) is 37.5 Å². The van der Waals surface area contributed by atoms with Gasteiger partial charge in [0, 0.05) is 19.3 Å². The maximum atomic E-state index is 4.24. The number of nitrogens with zero attached hydrogens (tertiary/aromatic N) is 6. The molecule has 18 heavy (non-hydrogen) atoms. The van der Waals surface area contributed by atoms with Gasteiger partial charge in [-0.1, -0.05) is 5.22 Å². The number of likely N-dealkylation sites (N-methyl/N-ethyl adjacent to an activating group) is 1. The third kappa shape index (κ3) is 2.17. The molecule has 0 amide bonds. The summed E-state index contributed by atoms with van der Waals surface area (Å²) in [5.74, 6) is 0.664. The Hall–Kier alpha value is -2.02. The molecule has 0 bridgehead atoms. The van der Waals surface area contributed by atoms with Crippen molar-refractivity contribution in [2.24, 2.45) is 10.3 Å². The van der Waals surface area contributed by atoms with Gasteiger partial charge in [-0.15, -0.1) is 5.11 Å². The van der Waals surface area contributed by atoms with Gasteiger partial charge >= 0.3 is 0 Å². The van der Waals surface area contributed by atoms with Gasteiger partial charge in [-0.05, 0) is 19.2 Å². The largest absolute Gasteiger partial charge is 0.303 e. The van der Waals surface area contributed by atoms with Gasteiger partial charge in [0.05, 0.1) is 18.5 Å². The Bertz CT molecular complexity index is 553. The van der Waals surface area contributed by atoms with Crippen molar-refractivity contribution in [3.63, 3.8) is 0 Å². The van der Waals surface area contributed by atoms with Gasteiger partial charge in [-0.3, -0.25) is 10.1 Å². The number of H-pyrrole nitrogens is 1. The summed E-state index contributed by atoms with van der Waals surface area (Å²) >= 11 is 0. The first kappa shape index (κ1) is 11.1. The summed E-state index contributed by atoms with van der Waals surface area (Å²) in [6.07, 6.45) is 1.71. The molecule has 3 rings (SSSR count). The molecule has 7 heteroatoms. The van der Waals surface area contributed by atoms with Crippen LogP contribution in [0.15, 0.2) is 28.7 Å². The molecule has 2 aromatic rings. The highest BCUT2D eigenvalue weighted by Gasteiger charge is 2.12. The number of pyridine rings is 1. The number of hydrogen-bond acceptors (Lipinski definition) is 5. The van der Waals surface area contributed by atoms with E-state index in [9.17, 15) is 0 Å². The molecule has 1 N–H and O–H groups in total. The average Bonchev–Trinajstić information content (AvgIpc) is 2.82. The van der Waals surface area contributed by atoms with E-state index < -0.39 is 0 Å². The van der Waals surface area contributed by atoms with Gasteiger partial charge < -0.3 is 4.90 Å². The van der Waals surface area contributed by atoms with Crippen molar-refractivity contribution < 1.29 is 0 Å². The summed E-state index contributed by atoms with van der Waals surface area (Å²) in [5, 5.41) is 18.3. The Morgan fingerprint density at radius 2 is 2.11 bits per heavy atom. The minimum absolute atomic E-state index is 0.664. The third-order valence-corrected chi connectivity index (χ3v) is 3.06. The average molecular weight is 245 g/mol. The summed E-state index contributed by atoms with van der Waals surface area (Å²) < 4.78 is 0. The number of hydrogen-bond donors (Lipinski definition) is 1. The van der Waals surface area contributed by atoms with E-state index in [1.165, 1.54) is 0 Å². The molecule has 0 spiro atoms. The highest BCUT2D eigenvalue weighted by atomic mass is 15.6. The molecule has 0 aliphatic carbocycles. The molecule has 94 valence electrons. The van der Waals surface area contributed by atoms with Crippen LogP contribution >= 0.6 is 0 Å². The van der Waals surface area contributed by atoms with Crippen LogP contribution in [0.2, 0.25) is 0 Å². The Morgan fingerprint density at radius 1 is 1.28 bits per heavy atom. The lowest BCUT2D eigenvalue weighted by atomic mass is 10.3. The zero-order valence-electron chi connectivity index (χ0n) is 10.2. The smallest absolute Gasteiger partial charge is 0.183 e. The molecule has 3 heterocycles. The van der Waals surface area contributed by atoms with Gasteiger partial charge in [0.15, 0.2) is 11.5 Å². The predicted octanol–water partition coefficient (Wildman–Crippen LogP) is 1.20. The standard InChI is InChI=1S/C11H15N7/c1-17-5-7-18(8-6-17)16-15-11-9-3-2-4-12-10(9)13-14-11/h2-4H,5-8H2,1H3,(H,12,13,14). The van der Waals surface area contributed by atoms with Crippen LogP contribution in [0.4, 0.5) is 5.82 Å². The van der Waals surface area contributed by atoms with Crippen molar-refractivity contribution in [2.45, 2.75) is 0 Å². The maximum Gasteiger partial charge on any atom is 0.183 e. The molecular weight excluding hydrogens is 230 g/mol. The minimum atomic E-state index is 0.664. The third-order valence-electron chi connectivity index (χ3n) is 3.06. The van der Waals surface area contributed by atoms with Crippen molar-refractivity contribution in [1.29, 1.82) is 0 Å². The normalized spacial score (nSPS) is 17.9. The topological polar surface area (TPSA) is 72.8 Å². The van der Waals surface area contributed by atoms with Crippen molar-refractivity contribution in [3.05, 3.63) is 18.3 Å². The zero-order valence-corrected chi connectivity index (χ0v) is 10.2. The first-order valence-corrected chi connectivity index (χ1v) is 5.97. The minimum Gasteiger partial charge on any atom is -0.303 e. The van der Waals surface area contributed by atoms with Crippen molar-refractivity contribution in [2.75, 3.05) is 33.2 Å². The molecule has 1 aliphatic rings. The second-order valence-corrected chi connectivity index (χ2v) is 4.39. The number of rotatable bonds is 2.